The zero-order valence-electron chi connectivity index (χ0n) is 7.53. The highest BCUT2D eigenvalue weighted by atomic mass is 16.3. The van der Waals surface area contributed by atoms with Gasteiger partial charge in [-0.3, -0.25) is 4.79 Å². The molecule has 0 aliphatic carbocycles. The third-order valence-electron chi connectivity index (χ3n) is 1.91. The Morgan fingerprint density at radius 3 is 2.36 bits per heavy atom. The third-order valence-corrected chi connectivity index (χ3v) is 1.91. The number of nitrogen functional groups attached to an aromatic ring is 1. The average Bonchev–Trinajstić information content (AvgIpc) is 2.15. The number of benzene rings is 1. The van der Waals surface area contributed by atoms with Crippen molar-refractivity contribution in [2.24, 2.45) is 5.73 Å². The number of aliphatic hydroxyl groups excluding tert-OH is 2. The van der Waals surface area contributed by atoms with Gasteiger partial charge >= 0.3 is 0 Å². The van der Waals surface area contributed by atoms with Gasteiger partial charge in [0, 0.05) is 5.69 Å². The molecule has 1 aromatic rings. The van der Waals surface area contributed by atoms with E-state index in [4.69, 9.17) is 21.7 Å². The molecule has 0 radical (unpaired) electrons. The monoisotopic (exact) mass is 196 g/mol. The molecular weight excluding hydrogens is 184 g/mol. The minimum absolute atomic E-state index is 0.115. The maximum Gasteiger partial charge on any atom is 0.251 e. The van der Waals surface area contributed by atoms with Crippen LogP contribution in [0.4, 0.5) is 5.69 Å². The quantitative estimate of drug-likeness (QED) is 0.481. The zero-order chi connectivity index (χ0) is 10.7. The van der Waals surface area contributed by atoms with Crippen molar-refractivity contribution < 1.29 is 15.0 Å². The number of aliphatic hydroxyl groups is 2. The molecule has 76 valence electrons. The average molecular weight is 196 g/mol. The Hall–Kier alpha value is -1.59. The smallest absolute Gasteiger partial charge is 0.251 e. The molecule has 5 nitrogen and oxygen atoms in total. The van der Waals surface area contributed by atoms with Crippen LogP contribution in [0.1, 0.15) is 21.5 Å². The molecule has 1 aromatic carbocycles. The lowest BCUT2D eigenvalue weighted by molar-refractivity contribution is 0.0998. The molecule has 0 heterocycles. The largest absolute Gasteiger partial charge is 0.398 e. The maximum absolute atomic E-state index is 11.0. The molecule has 6 N–H and O–H groups in total. The first kappa shape index (κ1) is 10.5. The van der Waals surface area contributed by atoms with Crippen molar-refractivity contribution in [2.45, 2.75) is 13.2 Å². The molecule has 0 saturated heterocycles. The Morgan fingerprint density at radius 1 is 1.29 bits per heavy atom. The number of amides is 1. The number of hydrogen-bond donors (Lipinski definition) is 4. The summed E-state index contributed by atoms with van der Waals surface area (Å²) in [5.41, 5.74) is 11.8. The van der Waals surface area contributed by atoms with Crippen molar-refractivity contribution in [3.8, 4) is 0 Å². The van der Waals surface area contributed by atoms with Crippen LogP contribution in [0.2, 0.25) is 0 Å². The summed E-state index contributed by atoms with van der Waals surface area (Å²) in [5.74, 6) is -0.684. The van der Waals surface area contributed by atoms with E-state index in [0.717, 1.165) is 0 Å². The van der Waals surface area contributed by atoms with Gasteiger partial charge in [-0.05, 0) is 17.2 Å². The zero-order valence-corrected chi connectivity index (χ0v) is 7.53. The molecule has 0 fully saturated rings. The van der Waals surface area contributed by atoms with E-state index >= 15 is 0 Å². The third kappa shape index (κ3) is 1.84. The van der Waals surface area contributed by atoms with Gasteiger partial charge in [0.1, 0.15) is 0 Å². The molecule has 0 unspecified atom stereocenters. The second kappa shape index (κ2) is 4.08. The standard InChI is InChI=1S/C9H12N2O3/c10-7-2-5(3-12)1-6(4-13)8(7)9(11)14/h1-2,12-13H,3-4,10H2,(H2,11,14). The van der Waals surface area contributed by atoms with Crippen LogP contribution in [0, 0.1) is 0 Å². The maximum atomic E-state index is 11.0. The first-order chi connectivity index (χ1) is 6.60. The fourth-order valence-corrected chi connectivity index (χ4v) is 1.31. The molecule has 14 heavy (non-hydrogen) atoms. The Morgan fingerprint density at radius 2 is 1.93 bits per heavy atom. The van der Waals surface area contributed by atoms with Gasteiger partial charge in [0.25, 0.3) is 5.91 Å². The van der Waals surface area contributed by atoms with Crippen LogP contribution >= 0.6 is 0 Å². The Labute approximate surface area is 81.0 Å². The van der Waals surface area contributed by atoms with Crippen LogP contribution in [0.25, 0.3) is 0 Å². The molecule has 0 spiro atoms. The second-order valence-corrected chi connectivity index (χ2v) is 2.90. The van der Waals surface area contributed by atoms with E-state index in [1.165, 1.54) is 12.1 Å². The van der Waals surface area contributed by atoms with Gasteiger partial charge in [-0.25, -0.2) is 0 Å². The highest BCUT2D eigenvalue weighted by Gasteiger charge is 2.12. The van der Waals surface area contributed by atoms with Crippen molar-refractivity contribution in [2.75, 3.05) is 5.73 Å². The van der Waals surface area contributed by atoms with Crippen LogP contribution in [0.15, 0.2) is 12.1 Å². The van der Waals surface area contributed by atoms with E-state index < -0.39 is 5.91 Å². The van der Waals surface area contributed by atoms with Crippen LogP contribution in [-0.2, 0) is 13.2 Å². The van der Waals surface area contributed by atoms with Crippen LogP contribution in [0.3, 0.4) is 0 Å². The van der Waals surface area contributed by atoms with E-state index in [1.807, 2.05) is 0 Å². The molecule has 0 aromatic heterocycles. The van der Waals surface area contributed by atoms with Crippen molar-refractivity contribution in [3.63, 3.8) is 0 Å². The van der Waals surface area contributed by atoms with Crippen molar-refractivity contribution >= 4 is 11.6 Å². The summed E-state index contributed by atoms with van der Waals surface area (Å²) < 4.78 is 0. The number of rotatable bonds is 3. The SMILES string of the molecule is NC(=O)c1c(N)cc(CO)cc1CO. The summed E-state index contributed by atoms with van der Waals surface area (Å²) in [5, 5.41) is 17.8. The number of hydrogen-bond acceptors (Lipinski definition) is 4. The predicted molar refractivity (Wildman–Crippen MR) is 51.2 cm³/mol. The molecule has 0 aliphatic rings. The minimum Gasteiger partial charge on any atom is -0.398 e. The number of nitrogens with two attached hydrogens (primary N) is 2. The minimum atomic E-state index is -0.684. The lowest BCUT2D eigenvalue weighted by Crippen LogP contribution is -2.17. The van der Waals surface area contributed by atoms with Gasteiger partial charge < -0.3 is 21.7 Å². The van der Waals surface area contributed by atoms with E-state index in [0.29, 0.717) is 11.1 Å². The summed E-state index contributed by atoms with van der Waals surface area (Å²) in [6, 6.07) is 2.95. The second-order valence-electron chi connectivity index (χ2n) is 2.90. The predicted octanol–water partition coefficient (Wildman–Crippen LogP) is -0.648. The highest BCUT2D eigenvalue weighted by Crippen LogP contribution is 2.19. The van der Waals surface area contributed by atoms with Crippen molar-refractivity contribution in [1.29, 1.82) is 0 Å². The lowest BCUT2D eigenvalue weighted by atomic mass is 10.0. The summed E-state index contributed by atoms with van der Waals surface area (Å²) in [4.78, 5) is 11.0. The molecule has 5 heteroatoms. The van der Waals surface area contributed by atoms with E-state index in [-0.39, 0.29) is 24.5 Å². The van der Waals surface area contributed by atoms with Gasteiger partial charge in [0.15, 0.2) is 0 Å². The highest BCUT2D eigenvalue weighted by molar-refractivity contribution is 5.99. The molecule has 0 atom stereocenters. The van der Waals surface area contributed by atoms with Crippen LogP contribution < -0.4 is 11.5 Å². The molecule has 1 rings (SSSR count). The van der Waals surface area contributed by atoms with E-state index in [9.17, 15) is 4.79 Å². The van der Waals surface area contributed by atoms with Gasteiger partial charge in [-0.1, -0.05) is 6.07 Å². The summed E-state index contributed by atoms with van der Waals surface area (Å²) in [6.45, 7) is -0.535. The van der Waals surface area contributed by atoms with Gasteiger partial charge in [-0.15, -0.1) is 0 Å². The molecule has 1 amide bonds. The van der Waals surface area contributed by atoms with Crippen LogP contribution in [0.5, 0.6) is 0 Å². The van der Waals surface area contributed by atoms with Crippen molar-refractivity contribution in [3.05, 3.63) is 28.8 Å². The summed E-state index contributed by atoms with van der Waals surface area (Å²) in [7, 11) is 0. The normalized spacial score (nSPS) is 10.1. The number of carbonyl (C=O) groups is 1. The molecular formula is C9H12N2O3. The molecule has 0 bridgehead atoms. The number of primary amides is 1. The fraction of sp³-hybridized carbons (Fsp3) is 0.222. The lowest BCUT2D eigenvalue weighted by Gasteiger charge is -2.09. The first-order valence-corrected chi connectivity index (χ1v) is 4.03. The number of carbonyl (C=O) groups excluding carboxylic acids is 1. The van der Waals surface area contributed by atoms with E-state index in [2.05, 4.69) is 0 Å². The van der Waals surface area contributed by atoms with Gasteiger partial charge in [0.05, 0.1) is 18.8 Å². The van der Waals surface area contributed by atoms with Crippen LogP contribution in [-0.4, -0.2) is 16.1 Å². The van der Waals surface area contributed by atoms with Crippen molar-refractivity contribution in [1.82, 2.24) is 0 Å². The van der Waals surface area contributed by atoms with E-state index in [1.54, 1.807) is 0 Å². The Balaban J connectivity index is 3.34. The van der Waals surface area contributed by atoms with Gasteiger partial charge in [-0.2, -0.15) is 0 Å². The Kier molecular flexibility index (Phi) is 3.06. The molecule has 0 saturated carbocycles. The molecule has 0 aliphatic heterocycles. The Bertz CT molecular complexity index is 363. The summed E-state index contributed by atoms with van der Waals surface area (Å²) >= 11 is 0. The first-order valence-electron chi connectivity index (χ1n) is 4.03. The number of anilines is 1. The topological polar surface area (TPSA) is 110 Å². The fourth-order valence-electron chi connectivity index (χ4n) is 1.31. The van der Waals surface area contributed by atoms with Gasteiger partial charge in [0.2, 0.25) is 0 Å². The summed E-state index contributed by atoms with van der Waals surface area (Å²) in [6.07, 6.45) is 0.